The Hall–Kier alpha value is -0.120. The first kappa shape index (κ1) is 13.9. The number of halogens is 1. The molecule has 4 heteroatoms. The van der Waals surface area contributed by atoms with Gasteiger partial charge in [0.1, 0.15) is 0 Å². The van der Waals surface area contributed by atoms with Crippen molar-refractivity contribution in [3.63, 3.8) is 0 Å². The van der Waals surface area contributed by atoms with Gasteiger partial charge in [0.2, 0.25) is 0 Å². The molecule has 1 rings (SSSR count). The van der Waals surface area contributed by atoms with Crippen molar-refractivity contribution in [3.05, 3.63) is 16.1 Å². The van der Waals surface area contributed by atoms with Gasteiger partial charge in [0.15, 0.2) is 0 Å². The van der Waals surface area contributed by atoms with Gasteiger partial charge in [-0.15, -0.1) is 22.9 Å². The summed E-state index contributed by atoms with van der Waals surface area (Å²) in [6.07, 6.45) is 1.99. The van der Waals surface area contributed by atoms with Crippen molar-refractivity contribution in [2.24, 2.45) is 5.41 Å². The van der Waals surface area contributed by atoms with E-state index in [1.807, 2.05) is 5.38 Å². The minimum absolute atomic E-state index is 0.354. The van der Waals surface area contributed by atoms with Gasteiger partial charge in [-0.25, -0.2) is 4.98 Å². The van der Waals surface area contributed by atoms with E-state index in [4.69, 9.17) is 16.3 Å². The smallest absolute Gasteiger partial charge is 0.0951 e. The third kappa shape index (κ3) is 5.83. The van der Waals surface area contributed by atoms with Gasteiger partial charge in [0.05, 0.1) is 23.2 Å². The van der Waals surface area contributed by atoms with Crippen LogP contribution < -0.4 is 0 Å². The van der Waals surface area contributed by atoms with E-state index in [1.165, 1.54) is 0 Å². The molecule has 1 aromatic heterocycles. The molecular weight excluding hydrogens is 242 g/mol. The van der Waals surface area contributed by atoms with E-state index in [-0.39, 0.29) is 0 Å². The molecule has 0 bridgehead atoms. The highest BCUT2D eigenvalue weighted by Crippen LogP contribution is 2.18. The van der Waals surface area contributed by atoms with E-state index < -0.39 is 0 Å². The second-order valence-electron chi connectivity index (χ2n) is 5.04. The highest BCUT2D eigenvalue weighted by Gasteiger charge is 2.09. The highest BCUT2D eigenvalue weighted by atomic mass is 35.5. The average Bonchev–Trinajstić information content (AvgIpc) is 2.63. The van der Waals surface area contributed by atoms with Crippen LogP contribution in [0.5, 0.6) is 0 Å². The Bertz CT molecular complexity index is 306. The normalized spacial score (nSPS) is 12.0. The molecule has 1 heterocycles. The lowest BCUT2D eigenvalue weighted by Gasteiger charge is -2.17. The summed E-state index contributed by atoms with van der Waals surface area (Å²) in [5.74, 6) is 0.501. The van der Waals surface area contributed by atoms with Crippen LogP contribution in [0.1, 0.15) is 37.9 Å². The summed E-state index contributed by atoms with van der Waals surface area (Å²) >= 11 is 7.35. The Morgan fingerprint density at radius 3 is 2.69 bits per heavy atom. The Morgan fingerprint density at radius 2 is 2.12 bits per heavy atom. The van der Waals surface area contributed by atoms with E-state index in [9.17, 15) is 0 Å². The van der Waals surface area contributed by atoms with Gasteiger partial charge in [-0.3, -0.25) is 0 Å². The Morgan fingerprint density at radius 1 is 1.38 bits per heavy atom. The standard InChI is InChI=1S/C12H20ClNOS/c1-12(2,3)5-7-15-6-4-11-14-10(8-13)9-16-11/h9H,4-8H2,1-3H3. The minimum atomic E-state index is 0.354. The summed E-state index contributed by atoms with van der Waals surface area (Å²) in [7, 11) is 0. The van der Waals surface area contributed by atoms with Gasteiger partial charge < -0.3 is 4.74 Å². The third-order valence-corrected chi connectivity index (χ3v) is 3.42. The molecule has 92 valence electrons. The van der Waals surface area contributed by atoms with Crippen LogP contribution in [0, 0.1) is 5.41 Å². The molecule has 0 aliphatic carbocycles. The van der Waals surface area contributed by atoms with Crippen molar-refractivity contribution < 1.29 is 4.74 Å². The zero-order valence-corrected chi connectivity index (χ0v) is 11.8. The Labute approximate surface area is 107 Å². The number of nitrogens with zero attached hydrogens (tertiary/aromatic N) is 1. The maximum Gasteiger partial charge on any atom is 0.0951 e. The zero-order valence-electron chi connectivity index (χ0n) is 10.3. The van der Waals surface area contributed by atoms with Crippen LogP contribution in [0.2, 0.25) is 0 Å². The van der Waals surface area contributed by atoms with Gasteiger partial charge >= 0.3 is 0 Å². The van der Waals surface area contributed by atoms with E-state index in [0.29, 0.717) is 11.3 Å². The van der Waals surface area contributed by atoms with Gasteiger partial charge in [-0.1, -0.05) is 20.8 Å². The predicted octanol–water partition coefficient (Wildman–Crippen LogP) is 3.88. The first-order valence-corrected chi connectivity index (χ1v) is 7.00. The molecule has 16 heavy (non-hydrogen) atoms. The molecule has 0 amide bonds. The van der Waals surface area contributed by atoms with Crippen LogP contribution in [-0.2, 0) is 17.0 Å². The Balaban J connectivity index is 2.11. The van der Waals surface area contributed by atoms with Crippen molar-refractivity contribution in [1.29, 1.82) is 0 Å². The number of thiazole rings is 1. The lowest BCUT2D eigenvalue weighted by molar-refractivity contribution is 0.111. The molecule has 0 aliphatic rings. The van der Waals surface area contributed by atoms with Crippen LogP contribution >= 0.6 is 22.9 Å². The van der Waals surface area contributed by atoms with Crippen LogP contribution in [0.3, 0.4) is 0 Å². The predicted molar refractivity (Wildman–Crippen MR) is 70.3 cm³/mol. The summed E-state index contributed by atoms with van der Waals surface area (Å²) in [4.78, 5) is 4.38. The first-order valence-electron chi connectivity index (χ1n) is 5.58. The number of hydrogen-bond donors (Lipinski definition) is 0. The van der Waals surface area contributed by atoms with E-state index in [2.05, 4.69) is 25.8 Å². The second-order valence-corrected chi connectivity index (χ2v) is 6.25. The number of aromatic nitrogens is 1. The minimum Gasteiger partial charge on any atom is -0.381 e. The molecule has 2 nitrogen and oxygen atoms in total. The topological polar surface area (TPSA) is 22.1 Å². The number of alkyl halides is 1. The summed E-state index contributed by atoms with van der Waals surface area (Å²) < 4.78 is 5.59. The molecule has 0 atom stereocenters. The van der Waals surface area contributed by atoms with Crippen LogP contribution in [0.25, 0.3) is 0 Å². The van der Waals surface area contributed by atoms with Crippen molar-refractivity contribution in [2.75, 3.05) is 13.2 Å². The molecule has 0 fully saturated rings. The summed E-state index contributed by atoms with van der Waals surface area (Å²) in [5, 5.41) is 3.13. The van der Waals surface area contributed by atoms with E-state index in [1.54, 1.807) is 11.3 Å². The van der Waals surface area contributed by atoms with E-state index in [0.717, 1.165) is 36.8 Å². The lowest BCUT2D eigenvalue weighted by Crippen LogP contribution is -2.10. The fourth-order valence-corrected chi connectivity index (χ4v) is 2.17. The number of hydrogen-bond acceptors (Lipinski definition) is 3. The maximum absolute atomic E-state index is 5.69. The number of ether oxygens (including phenoxy) is 1. The van der Waals surface area contributed by atoms with Crippen molar-refractivity contribution >= 4 is 22.9 Å². The quantitative estimate of drug-likeness (QED) is 0.573. The fraction of sp³-hybridized carbons (Fsp3) is 0.750. The molecule has 0 aliphatic heterocycles. The molecule has 0 spiro atoms. The lowest BCUT2D eigenvalue weighted by atomic mass is 9.93. The molecule has 0 N–H and O–H groups in total. The largest absolute Gasteiger partial charge is 0.381 e. The van der Waals surface area contributed by atoms with Crippen LogP contribution in [0.15, 0.2) is 5.38 Å². The fourth-order valence-electron chi connectivity index (χ4n) is 1.17. The molecule has 1 aromatic rings. The molecule has 0 saturated carbocycles. The van der Waals surface area contributed by atoms with Crippen LogP contribution in [0.4, 0.5) is 0 Å². The summed E-state index contributed by atoms with van der Waals surface area (Å²) in [6.45, 7) is 8.26. The molecule has 0 saturated heterocycles. The van der Waals surface area contributed by atoms with E-state index >= 15 is 0 Å². The first-order chi connectivity index (χ1) is 7.51. The third-order valence-electron chi connectivity index (χ3n) is 2.19. The monoisotopic (exact) mass is 261 g/mol. The highest BCUT2D eigenvalue weighted by molar-refractivity contribution is 7.09. The van der Waals surface area contributed by atoms with Gasteiger partial charge in [0.25, 0.3) is 0 Å². The second kappa shape index (κ2) is 6.58. The molecule has 0 radical (unpaired) electrons. The number of rotatable bonds is 6. The molecular formula is C12H20ClNOS. The van der Waals surface area contributed by atoms with Gasteiger partial charge in [-0.2, -0.15) is 0 Å². The maximum atomic E-state index is 5.69. The summed E-state index contributed by atoms with van der Waals surface area (Å²) in [5.41, 5.74) is 1.32. The van der Waals surface area contributed by atoms with Gasteiger partial charge in [0, 0.05) is 18.4 Å². The summed E-state index contributed by atoms with van der Waals surface area (Å²) in [6, 6.07) is 0. The van der Waals surface area contributed by atoms with Crippen LogP contribution in [-0.4, -0.2) is 18.2 Å². The van der Waals surface area contributed by atoms with Crippen molar-refractivity contribution in [3.8, 4) is 0 Å². The SMILES string of the molecule is CC(C)(C)CCOCCc1nc(CCl)cs1. The van der Waals surface area contributed by atoms with Gasteiger partial charge in [-0.05, 0) is 11.8 Å². The Kier molecular flexibility index (Phi) is 5.73. The molecule has 0 unspecified atom stereocenters. The van der Waals surface area contributed by atoms with Crippen molar-refractivity contribution in [1.82, 2.24) is 4.98 Å². The zero-order chi connectivity index (χ0) is 12.0. The average molecular weight is 262 g/mol. The molecule has 0 aromatic carbocycles. The van der Waals surface area contributed by atoms with Crippen molar-refractivity contribution in [2.45, 2.75) is 39.5 Å².